The van der Waals surface area contributed by atoms with E-state index in [-0.39, 0.29) is 19.0 Å². The van der Waals surface area contributed by atoms with Gasteiger partial charge >= 0.3 is 6.09 Å². The Labute approximate surface area is 162 Å². The SMILES string of the molecule is CN1C(=O)C2(CN(C(=O)O)C2)c2c1cnc1[nH]c(Br)c(-c3ccccc3)c21. The number of nitrogens with zero attached hydrogens (tertiary/aromatic N) is 3. The molecule has 7 nitrogen and oxygen atoms in total. The van der Waals surface area contributed by atoms with Crippen LogP contribution in [0.1, 0.15) is 5.56 Å². The van der Waals surface area contributed by atoms with Gasteiger partial charge in [-0.05, 0) is 21.5 Å². The number of H-pyrrole nitrogens is 1. The standard InChI is InChI=1S/C19H15BrN4O3/c1-23-11-7-21-16-13(12(15(20)22-16)10-5-3-2-4-6-10)14(11)19(17(23)25)8-24(9-19)18(26)27/h2-7H,8-9H2,1H3,(H,21,22)(H,26,27). The van der Waals surface area contributed by atoms with Gasteiger partial charge in [0.05, 0.1) is 16.5 Å². The van der Waals surface area contributed by atoms with Crippen LogP contribution in [0.25, 0.3) is 22.2 Å². The van der Waals surface area contributed by atoms with Crippen LogP contribution in [0.5, 0.6) is 0 Å². The third kappa shape index (κ3) is 1.98. The second-order valence-electron chi connectivity index (χ2n) is 7.01. The number of nitrogens with one attached hydrogen (secondary N) is 1. The summed E-state index contributed by atoms with van der Waals surface area (Å²) >= 11 is 3.60. The van der Waals surface area contributed by atoms with Gasteiger partial charge in [0.15, 0.2) is 0 Å². The Morgan fingerprint density at radius 3 is 2.67 bits per heavy atom. The summed E-state index contributed by atoms with van der Waals surface area (Å²) in [7, 11) is 1.72. The Kier molecular flexibility index (Phi) is 3.22. The Hall–Kier alpha value is -2.87. The molecule has 0 aliphatic carbocycles. The first-order valence-electron chi connectivity index (χ1n) is 8.46. The minimum atomic E-state index is -1.01. The number of benzene rings is 1. The highest BCUT2D eigenvalue weighted by molar-refractivity contribution is 9.10. The first-order chi connectivity index (χ1) is 12.9. The molecule has 136 valence electrons. The van der Waals surface area contributed by atoms with Gasteiger partial charge in [0.2, 0.25) is 5.91 Å². The highest BCUT2D eigenvalue weighted by Gasteiger charge is 2.60. The van der Waals surface area contributed by atoms with Crippen LogP contribution in [-0.4, -0.2) is 52.1 Å². The molecule has 0 atom stereocenters. The zero-order valence-corrected chi connectivity index (χ0v) is 15.9. The van der Waals surface area contributed by atoms with E-state index in [4.69, 9.17) is 0 Å². The van der Waals surface area contributed by atoms with E-state index >= 15 is 0 Å². The third-order valence-corrected chi connectivity index (χ3v) is 6.16. The fourth-order valence-corrected chi connectivity index (χ4v) is 4.92. The van der Waals surface area contributed by atoms with Crippen LogP contribution in [0.3, 0.4) is 0 Å². The van der Waals surface area contributed by atoms with Gasteiger partial charge in [-0.15, -0.1) is 0 Å². The Morgan fingerprint density at radius 1 is 1.30 bits per heavy atom. The number of fused-ring (bicyclic) bond motifs is 4. The van der Waals surface area contributed by atoms with Gasteiger partial charge in [0, 0.05) is 36.7 Å². The van der Waals surface area contributed by atoms with E-state index in [1.807, 2.05) is 30.3 Å². The number of aromatic nitrogens is 2. The van der Waals surface area contributed by atoms with Crippen molar-refractivity contribution in [3.63, 3.8) is 0 Å². The summed E-state index contributed by atoms with van der Waals surface area (Å²) < 4.78 is 0.788. The van der Waals surface area contributed by atoms with E-state index in [1.54, 1.807) is 18.1 Å². The molecule has 2 aromatic heterocycles. The quantitative estimate of drug-likeness (QED) is 0.624. The minimum Gasteiger partial charge on any atom is -0.465 e. The average Bonchev–Trinajstić information content (AvgIpc) is 3.06. The Balaban J connectivity index is 1.82. The molecule has 2 aliphatic heterocycles. The predicted molar refractivity (Wildman–Crippen MR) is 104 cm³/mol. The molecule has 3 aromatic rings. The number of likely N-dealkylation sites (tertiary alicyclic amines) is 1. The van der Waals surface area contributed by atoms with Gasteiger partial charge in [0.1, 0.15) is 11.1 Å². The molecule has 8 heteroatoms. The fourth-order valence-electron chi connectivity index (χ4n) is 4.30. The van der Waals surface area contributed by atoms with Crippen molar-refractivity contribution in [2.75, 3.05) is 25.0 Å². The summed E-state index contributed by atoms with van der Waals surface area (Å²) in [6.07, 6.45) is 0.680. The van der Waals surface area contributed by atoms with Gasteiger partial charge in [0.25, 0.3) is 0 Å². The summed E-state index contributed by atoms with van der Waals surface area (Å²) in [6, 6.07) is 9.87. The third-order valence-electron chi connectivity index (χ3n) is 5.56. The first kappa shape index (κ1) is 16.3. The topological polar surface area (TPSA) is 89.5 Å². The molecule has 27 heavy (non-hydrogen) atoms. The number of carbonyl (C=O) groups is 2. The van der Waals surface area contributed by atoms with Crippen LogP contribution in [0, 0.1) is 0 Å². The van der Waals surface area contributed by atoms with Crippen molar-refractivity contribution in [2.24, 2.45) is 0 Å². The van der Waals surface area contributed by atoms with Crippen LogP contribution in [0.2, 0.25) is 0 Å². The molecule has 2 amide bonds. The maximum absolute atomic E-state index is 13.1. The molecule has 1 aromatic carbocycles. The molecule has 0 saturated carbocycles. The lowest BCUT2D eigenvalue weighted by Crippen LogP contribution is -2.64. The molecular formula is C19H15BrN4O3. The maximum Gasteiger partial charge on any atom is 0.407 e. The average molecular weight is 427 g/mol. The lowest BCUT2D eigenvalue weighted by molar-refractivity contribution is -0.127. The molecule has 0 radical (unpaired) electrons. The number of amides is 2. The first-order valence-corrected chi connectivity index (χ1v) is 9.25. The van der Waals surface area contributed by atoms with Crippen molar-refractivity contribution >= 4 is 44.7 Å². The van der Waals surface area contributed by atoms with Gasteiger partial charge < -0.3 is 19.9 Å². The Bertz CT molecular complexity index is 1120. The van der Waals surface area contributed by atoms with Crippen LogP contribution < -0.4 is 4.90 Å². The van der Waals surface area contributed by atoms with Crippen molar-refractivity contribution in [2.45, 2.75) is 5.41 Å². The smallest absolute Gasteiger partial charge is 0.407 e. The zero-order valence-electron chi connectivity index (χ0n) is 14.4. The van der Waals surface area contributed by atoms with E-state index in [1.165, 1.54) is 4.90 Å². The highest BCUT2D eigenvalue weighted by Crippen LogP contribution is 2.52. The van der Waals surface area contributed by atoms with Crippen molar-refractivity contribution in [1.82, 2.24) is 14.9 Å². The van der Waals surface area contributed by atoms with Gasteiger partial charge in [-0.25, -0.2) is 9.78 Å². The van der Waals surface area contributed by atoms with E-state index in [0.717, 1.165) is 32.4 Å². The number of rotatable bonds is 1. The number of pyridine rings is 1. The summed E-state index contributed by atoms with van der Waals surface area (Å²) in [4.78, 5) is 35.1. The maximum atomic E-state index is 13.1. The summed E-state index contributed by atoms with van der Waals surface area (Å²) in [5.41, 5.74) is 3.35. The van der Waals surface area contributed by atoms with Crippen molar-refractivity contribution in [3.05, 3.63) is 46.7 Å². The van der Waals surface area contributed by atoms with E-state index in [2.05, 4.69) is 25.9 Å². The van der Waals surface area contributed by atoms with Gasteiger partial charge in [-0.2, -0.15) is 0 Å². The fraction of sp³-hybridized carbons (Fsp3) is 0.211. The summed E-state index contributed by atoms with van der Waals surface area (Å²) in [5, 5.41) is 10.2. The predicted octanol–water partition coefficient (Wildman–Crippen LogP) is 3.20. The lowest BCUT2D eigenvalue weighted by atomic mass is 9.73. The van der Waals surface area contributed by atoms with Crippen molar-refractivity contribution in [3.8, 4) is 11.1 Å². The monoisotopic (exact) mass is 426 g/mol. The molecule has 0 unspecified atom stereocenters. The van der Waals surface area contributed by atoms with E-state index in [0.29, 0.717) is 5.65 Å². The normalized spacial score (nSPS) is 17.5. The number of carboxylic acid groups (broad SMARTS) is 1. The number of anilines is 1. The highest BCUT2D eigenvalue weighted by atomic mass is 79.9. The largest absolute Gasteiger partial charge is 0.465 e. The molecule has 1 fully saturated rings. The molecule has 2 N–H and O–H groups in total. The van der Waals surface area contributed by atoms with Crippen LogP contribution in [0.4, 0.5) is 10.5 Å². The van der Waals surface area contributed by atoms with E-state index in [9.17, 15) is 14.7 Å². The lowest BCUT2D eigenvalue weighted by Gasteiger charge is -2.45. The summed E-state index contributed by atoms with van der Waals surface area (Å²) in [5.74, 6) is -0.0827. The van der Waals surface area contributed by atoms with Gasteiger partial charge in [-0.3, -0.25) is 4.79 Å². The number of halogens is 1. The number of carbonyl (C=O) groups excluding carboxylic acids is 1. The molecule has 2 aliphatic rings. The molecular weight excluding hydrogens is 412 g/mol. The second-order valence-corrected chi connectivity index (χ2v) is 7.80. The number of hydrogen-bond acceptors (Lipinski definition) is 3. The number of hydrogen-bond donors (Lipinski definition) is 2. The van der Waals surface area contributed by atoms with Gasteiger partial charge in [-0.1, -0.05) is 30.3 Å². The molecule has 4 heterocycles. The molecule has 0 bridgehead atoms. The Morgan fingerprint density at radius 2 is 2.00 bits per heavy atom. The minimum absolute atomic E-state index is 0.0827. The van der Waals surface area contributed by atoms with Crippen molar-refractivity contribution < 1.29 is 14.7 Å². The van der Waals surface area contributed by atoms with Crippen LogP contribution >= 0.6 is 15.9 Å². The summed E-state index contributed by atoms with van der Waals surface area (Å²) in [6.45, 7) is 0.323. The number of aromatic amines is 1. The molecule has 5 rings (SSSR count). The molecule has 1 spiro atoms. The van der Waals surface area contributed by atoms with E-state index < -0.39 is 11.5 Å². The van der Waals surface area contributed by atoms with Crippen molar-refractivity contribution in [1.29, 1.82) is 0 Å². The number of likely N-dealkylation sites (N-methyl/N-ethyl adjacent to an activating group) is 1. The zero-order chi connectivity index (χ0) is 18.9. The molecule has 1 saturated heterocycles. The van der Waals surface area contributed by atoms with Crippen LogP contribution in [0.15, 0.2) is 41.1 Å². The second kappa shape index (κ2) is 5.32. The van der Waals surface area contributed by atoms with Crippen LogP contribution in [-0.2, 0) is 10.2 Å².